The number of rotatable bonds is 4. The Hall–Kier alpha value is -2.83. The minimum atomic E-state index is -1.02. The number of carbonyl (C=O) groups excluding carboxylic acids is 2. The van der Waals surface area contributed by atoms with Crippen LogP contribution in [-0.2, 0) is 19.1 Å². The molecule has 0 fully saturated rings. The number of hydrogen-bond acceptors (Lipinski definition) is 6. The van der Waals surface area contributed by atoms with Gasteiger partial charge in [0.2, 0.25) is 0 Å². The largest absolute Gasteiger partial charge is 0.496 e. The van der Waals surface area contributed by atoms with Gasteiger partial charge in [-0.05, 0) is 26.0 Å². The molecule has 1 aromatic rings. The van der Waals surface area contributed by atoms with Gasteiger partial charge in [-0.25, -0.2) is 14.0 Å². The molecule has 25 heavy (non-hydrogen) atoms. The number of carbonyl (C=O) groups is 2. The minimum Gasteiger partial charge on any atom is -0.496 e. The van der Waals surface area contributed by atoms with Crippen LogP contribution in [0.5, 0.6) is 5.75 Å². The second kappa shape index (κ2) is 7.38. The fraction of sp³-hybridized carbons (Fsp3) is 0.333. The van der Waals surface area contributed by atoms with Crippen LogP contribution >= 0.6 is 0 Å². The lowest BCUT2D eigenvalue weighted by Crippen LogP contribution is -2.32. The SMILES string of the molecule is COC(=O)C1=C(C)NC(C)=C(C(=O)OC)C1c1c(F)cccc1OC. The fourth-order valence-electron chi connectivity index (χ4n) is 3.02. The molecule has 1 aliphatic heterocycles. The van der Waals surface area contributed by atoms with E-state index in [-0.39, 0.29) is 22.5 Å². The van der Waals surface area contributed by atoms with Crippen LogP contribution in [-0.4, -0.2) is 33.3 Å². The molecular weight excluding hydrogens is 329 g/mol. The zero-order valence-corrected chi connectivity index (χ0v) is 14.7. The van der Waals surface area contributed by atoms with Crippen LogP contribution in [0.25, 0.3) is 0 Å². The van der Waals surface area contributed by atoms with E-state index in [1.165, 1.54) is 33.5 Å². The van der Waals surface area contributed by atoms with Crippen molar-refractivity contribution in [1.29, 1.82) is 0 Å². The zero-order valence-electron chi connectivity index (χ0n) is 14.7. The molecule has 7 heteroatoms. The summed E-state index contributed by atoms with van der Waals surface area (Å²) < 4.78 is 29.7. The number of dihydropyridines is 1. The maximum atomic E-state index is 14.7. The van der Waals surface area contributed by atoms with Crippen LogP contribution in [0.1, 0.15) is 25.3 Å². The molecule has 0 bridgehead atoms. The van der Waals surface area contributed by atoms with Gasteiger partial charge in [0.25, 0.3) is 0 Å². The number of esters is 2. The van der Waals surface area contributed by atoms with Crippen LogP contribution in [0.2, 0.25) is 0 Å². The molecule has 0 saturated heterocycles. The van der Waals surface area contributed by atoms with E-state index in [4.69, 9.17) is 14.2 Å². The fourth-order valence-corrected chi connectivity index (χ4v) is 3.02. The Morgan fingerprint density at radius 3 is 1.96 bits per heavy atom. The first-order chi connectivity index (χ1) is 11.9. The number of halogens is 1. The third-order valence-electron chi connectivity index (χ3n) is 4.09. The van der Waals surface area contributed by atoms with Gasteiger partial charge in [-0.15, -0.1) is 0 Å². The lowest BCUT2D eigenvalue weighted by Gasteiger charge is -2.30. The molecule has 0 radical (unpaired) electrons. The van der Waals surface area contributed by atoms with E-state index in [2.05, 4.69) is 5.32 Å². The standard InChI is InChI=1S/C18H20FNO5/c1-9-13(17(21)24-4)16(14(10(2)20-9)18(22)25-5)15-11(19)7-6-8-12(15)23-3/h6-8,16,20H,1-5H3. The van der Waals surface area contributed by atoms with Crippen molar-refractivity contribution in [3.8, 4) is 5.75 Å². The molecule has 0 saturated carbocycles. The third-order valence-corrected chi connectivity index (χ3v) is 4.09. The Bertz CT molecular complexity index is 744. The summed E-state index contributed by atoms with van der Waals surface area (Å²) in [5.41, 5.74) is 1.25. The van der Waals surface area contributed by atoms with Gasteiger partial charge in [-0.1, -0.05) is 6.07 Å². The molecule has 0 atom stereocenters. The highest BCUT2D eigenvalue weighted by molar-refractivity contribution is 6.00. The normalized spacial score (nSPS) is 15.0. The van der Waals surface area contributed by atoms with Crippen LogP contribution in [0.3, 0.4) is 0 Å². The van der Waals surface area contributed by atoms with Crippen molar-refractivity contribution in [2.75, 3.05) is 21.3 Å². The van der Waals surface area contributed by atoms with Gasteiger partial charge >= 0.3 is 11.9 Å². The molecule has 0 spiro atoms. The van der Waals surface area contributed by atoms with Gasteiger partial charge < -0.3 is 19.5 Å². The molecule has 6 nitrogen and oxygen atoms in total. The van der Waals surface area contributed by atoms with E-state index in [9.17, 15) is 14.0 Å². The van der Waals surface area contributed by atoms with Crippen molar-refractivity contribution >= 4 is 11.9 Å². The minimum absolute atomic E-state index is 0.0750. The first kappa shape index (κ1) is 18.5. The Labute approximate surface area is 145 Å². The molecule has 1 aliphatic rings. The van der Waals surface area contributed by atoms with Gasteiger partial charge in [-0.3, -0.25) is 0 Å². The van der Waals surface area contributed by atoms with Crippen LogP contribution in [0, 0.1) is 5.82 Å². The molecule has 1 heterocycles. The lowest BCUT2D eigenvalue weighted by molar-refractivity contribution is -0.137. The van der Waals surface area contributed by atoms with Crippen molar-refractivity contribution < 1.29 is 28.2 Å². The smallest absolute Gasteiger partial charge is 0.336 e. The molecule has 0 amide bonds. The van der Waals surface area contributed by atoms with Gasteiger partial charge in [0.1, 0.15) is 11.6 Å². The first-order valence-electron chi connectivity index (χ1n) is 7.54. The van der Waals surface area contributed by atoms with E-state index in [0.29, 0.717) is 11.4 Å². The molecule has 0 aliphatic carbocycles. The summed E-state index contributed by atoms with van der Waals surface area (Å²) in [6.45, 7) is 3.31. The van der Waals surface area contributed by atoms with E-state index in [1.807, 2.05) is 0 Å². The number of methoxy groups -OCH3 is 3. The predicted octanol–water partition coefficient (Wildman–Crippen LogP) is 2.42. The predicted molar refractivity (Wildman–Crippen MR) is 88.3 cm³/mol. The lowest BCUT2D eigenvalue weighted by atomic mass is 9.79. The number of hydrogen-bond donors (Lipinski definition) is 1. The van der Waals surface area contributed by atoms with Crippen molar-refractivity contribution in [2.45, 2.75) is 19.8 Å². The summed E-state index contributed by atoms with van der Waals surface area (Å²) in [6, 6.07) is 4.30. The number of allylic oxidation sites excluding steroid dienone is 2. The molecule has 0 aromatic heterocycles. The Morgan fingerprint density at radius 1 is 1.00 bits per heavy atom. The summed E-state index contributed by atoms with van der Waals surface area (Å²) in [5, 5.41) is 2.96. The highest BCUT2D eigenvalue weighted by atomic mass is 19.1. The highest BCUT2D eigenvalue weighted by Gasteiger charge is 2.40. The van der Waals surface area contributed by atoms with E-state index in [0.717, 1.165) is 0 Å². The molecule has 1 N–H and O–H groups in total. The van der Waals surface area contributed by atoms with Gasteiger partial charge in [-0.2, -0.15) is 0 Å². The van der Waals surface area contributed by atoms with E-state index >= 15 is 0 Å². The Kier molecular flexibility index (Phi) is 5.46. The third kappa shape index (κ3) is 3.22. The topological polar surface area (TPSA) is 73.9 Å². The second-order valence-electron chi connectivity index (χ2n) is 5.47. The van der Waals surface area contributed by atoms with Crippen molar-refractivity contribution in [3.05, 3.63) is 52.1 Å². The summed E-state index contributed by atoms with van der Waals surface area (Å²) in [5.74, 6) is -2.74. The number of benzene rings is 1. The maximum Gasteiger partial charge on any atom is 0.336 e. The average Bonchev–Trinajstić information content (AvgIpc) is 2.59. The quantitative estimate of drug-likeness (QED) is 0.842. The molecule has 0 unspecified atom stereocenters. The summed E-state index contributed by atoms with van der Waals surface area (Å²) >= 11 is 0. The number of ether oxygens (including phenoxy) is 3. The van der Waals surface area contributed by atoms with Crippen LogP contribution in [0.15, 0.2) is 40.7 Å². The van der Waals surface area contributed by atoms with E-state index in [1.54, 1.807) is 19.9 Å². The summed E-state index contributed by atoms with van der Waals surface area (Å²) in [7, 11) is 3.84. The summed E-state index contributed by atoms with van der Waals surface area (Å²) in [4.78, 5) is 24.8. The molecule has 134 valence electrons. The van der Waals surface area contributed by atoms with Crippen molar-refractivity contribution in [2.24, 2.45) is 0 Å². The van der Waals surface area contributed by atoms with Gasteiger partial charge in [0.15, 0.2) is 0 Å². The van der Waals surface area contributed by atoms with Crippen LogP contribution < -0.4 is 10.1 Å². The highest BCUT2D eigenvalue weighted by Crippen LogP contribution is 2.43. The molecule has 2 rings (SSSR count). The van der Waals surface area contributed by atoms with Crippen molar-refractivity contribution in [3.63, 3.8) is 0 Å². The first-order valence-corrected chi connectivity index (χ1v) is 7.54. The molecule has 1 aromatic carbocycles. The van der Waals surface area contributed by atoms with Gasteiger partial charge in [0.05, 0.1) is 38.4 Å². The number of nitrogens with one attached hydrogen (secondary N) is 1. The summed E-state index contributed by atoms with van der Waals surface area (Å²) in [6.07, 6.45) is 0. The van der Waals surface area contributed by atoms with E-state index < -0.39 is 23.7 Å². The Morgan fingerprint density at radius 2 is 1.52 bits per heavy atom. The maximum absolute atomic E-state index is 14.7. The van der Waals surface area contributed by atoms with Gasteiger partial charge in [0, 0.05) is 17.0 Å². The average molecular weight is 349 g/mol. The zero-order chi connectivity index (χ0) is 18.7. The Balaban J connectivity index is 2.83. The molecular formula is C18H20FNO5. The van der Waals surface area contributed by atoms with Crippen molar-refractivity contribution in [1.82, 2.24) is 5.32 Å². The monoisotopic (exact) mass is 349 g/mol. The second-order valence-corrected chi connectivity index (χ2v) is 5.47. The van der Waals surface area contributed by atoms with Crippen LogP contribution in [0.4, 0.5) is 4.39 Å².